The summed E-state index contributed by atoms with van der Waals surface area (Å²) >= 11 is 12.1. The van der Waals surface area contributed by atoms with E-state index in [1.165, 1.54) is 0 Å². The zero-order chi connectivity index (χ0) is 23.1. The molecule has 3 aromatic carbocycles. The van der Waals surface area contributed by atoms with Gasteiger partial charge >= 0.3 is 0 Å². The van der Waals surface area contributed by atoms with Gasteiger partial charge in [-0.25, -0.2) is 0 Å². The highest BCUT2D eigenvalue weighted by atomic mass is 35.5. The molecule has 1 aliphatic heterocycles. The van der Waals surface area contributed by atoms with Crippen molar-refractivity contribution in [3.63, 3.8) is 0 Å². The number of hydrogen-bond donors (Lipinski definition) is 0. The fraction of sp³-hybridized carbons (Fsp3) is 0.148. The molecular weight excluding hydrogens is 457 g/mol. The molecular formula is C27H21Cl2NO3. The third kappa shape index (κ3) is 3.90. The van der Waals surface area contributed by atoms with Crippen LogP contribution in [0.3, 0.4) is 0 Å². The summed E-state index contributed by atoms with van der Waals surface area (Å²) in [4.78, 5) is 13.1. The van der Waals surface area contributed by atoms with Crippen LogP contribution in [0.25, 0.3) is 17.0 Å². The Morgan fingerprint density at radius 1 is 1.06 bits per heavy atom. The van der Waals surface area contributed by atoms with Crippen LogP contribution in [0.1, 0.15) is 34.0 Å². The van der Waals surface area contributed by atoms with E-state index in [0.29, 0.717) is 39.5 Å². The Morgan fingerprint density at radius 3 is 2.67 bits per heavy atom. The Hall–Kier alpha value is -3.21. The van der Waals surface area contributed by atoms with Crippen LogP contribution < -0.4 is 9.47 Å². The number of carbonyl (C=O) groups excluding carboxylic acids is 1. The number of Topliss-reactive ketones (excluding diaryl/α,β-unsaturated/α-hetero) is 1. The van der Waals surface area contributed by atoms with Crippen LogP contribution in [-0.2, 0) is 13.2 Å². The number of allylic oxidation sites excluding steroid dienone is 1. The molecule has 0 spiro atoms. The van der Waals surface area contributed by atoms with Crippen molar-refractivity contribution in [1.82, 2.24) is 4.57 Å². The predicted molar refractivity (Wildman–Crippen MR) is 133 cm³/mol. The summed E-state index contributed by atoms with van der Waals surface area (Å²) in [6.45, 7) is 5.16. The van der Waals surface area contributed by atoms with Crippen molar-refractivity contribution in [1.29, 1.82) is 0 Å². The fourth-order valence-electron chi connectivity index (χ4n) is 4.11. The Labute approximate surface area is 202 Å². The average molecular weight is 478 g/mol. The molecule has 4 nitrogen and oxygen atoms in total. The van der Waals surface area contributed by atoms with Crippen molar-refractivity contribution < 1.29 is 14.3 Å². The molecule has 1 aliphatic rings. The molecule has 0 amide bonds. The van der Waals surface area contributed by atoms with Crippen LogP contribution in [-0.4, -0.2) is 10.4 Å². The number of hydrogen-bond acceptors (Lipinski definition) is 3. The van der Waals surface area contributed by atoms with E-state index in [-0.39, 0.29) is 5.78 Å². The lowest BCUT2D eigenvalue weighted by atomic mass is 10.1. The Balaban J connectivity index is 1.43. The maximum Gasteiger partial charge on any atom is 0.231 e. The SMILES string of the molecule is CCn1cc(/C=C2\Oc3c(ccc(OCc4ccc(Cl)c(Cl)c4)c3C)C2=O)c2ccccc21. The number of fused-ring (bicyclic) bond motifs is 2. The Morgan fingerprint density at radius 2 is 1.88 bits per heavy atom. The fourth-order valence-corrected chi connectivity index (χ4v) is 4.43. The molecule has 0 fully saturated rings. The quantitative estimate of drug-likeness (QED) is 0.280. The lowest BCUT2D eigenvalue weighted by Gasteiger charge is -2.12. The van der Waals surface area contributed by atoms with E-state index in [9.17, 15) is 4.79 Å². The number of ether oxygens (including phenoxy) is 2. The van der Waals surface area contributed by atoms with Crippen molar-refractivity contribution >= 4 is 46.0 Å². The second kappa shape index (κ2) is 8.62. The summed E-state index contributed by atoms with van der Waals surface area (Å²) < 4.78 is 14.2. The van der Waals surface area contributed by atoms with Crippen molar-refractivity contribution in [2.24, 2.45) is 0 Å². The van der Waals surface area contributed by atoms with Crippen molar-refractivity contribution in [2.45, 2.75) is 27.0 Å². The van der Waals surface area contributed by atoms with E-state index in [0.717, 1.165) is 34.1 Å². The number of rotatable bonds is 5. The number of benzene rings is 3. The van der Waals surface area contributed by atoms with Gasteiger partial charge in [0.1, 0.15) is 18.1 Å². The highest BCUT2D eigenvalue weighted by molar-refractivity contribution is 6.42. The summed E-state index contributed by atoms with van der Waals surface area (Å²) in [5.74, 6) is 1.37. The molecule has 0 N–H and O–H groups in total. The molecule has 0 saturated heterocycles. The van der Waals surface area contributed by atoms with Gasteiger partial charge in [0.25, 0.3) is 0 Å². The molecule has 5 rings (SSSR count). The van der Waals surface area contributed by atoms with Gasteiger partial charge < -0.3 is 14.0 Å². The summed E-state index contributed by atoms with van der Waals surface area (Å²) in [5, 5.41) is 2.07. The highest BCUT2D eigenvalue weighted by Gasteiger charge is 2.30. The Kier molecular flexibility index (Phi) is 5.65. The predicted octanol–water partition coefficient (Wildman–Crippen LogP) is 7.47. The van der Waals surface area contributed by atoms with Gasteiger partial charge in [0.2, 0.25) is 5.78 Å². The minimum Gasteiger partial charge on any atom is -0.488 e. The summed E-state index contributed by atoms with van der Waals surface area (Å²) in [6.07, 6.45) is 3.88. The van der Waals surface area contributed by atoms with Crippen LogP contribution in [0.5, 0.6) is 11.5 Å². The number of halogens is 2. The number of aryl methyl sites for hydroxylation is 1. The number of nitrogens with zero attached hydrogens (tertiary/aromatic N) is 1. The van der Waals surface area contributed by atoms with E-state index in [4.69, 9.17) is 32.7 Å². The minimum absolute atomic E-state index is 0.127. The molecule has 0 atom stereocenters. The lowest BCUT2D eigenvalue weighted by molar-refractivity contribution is 0.101. The van der Waals surface area contributed by atoms with Crippen LogP contribution >= 0.6 is 23.2 Å². The number of carbonyl (C=O) groups is 1. The summed E-state index contributed by atoms with van der Waals surface area (Å²) in [7, 11) is 0. The van der Waals surface area contributed by atoms with Gasteiger partial charge in [-0.1, -0.05) is 47.5 Å². The largest absolute Gasteiger partial charge is 0.488 e. The van der Waals surface area contributed by atoms with E-state index < -0.39 is 0 Å². The van der Waals surface area contributed by atoms with Gasteiger partial charge in [-0.05, 0) is 55.8 Å². The minimum atomic E-state index is -0.127. The molecule has 0 saturated carbocycles. The Bertz CT molecular complexity index is 1440. The van der Waals surface area contributed by atoms with Crippen LogP contribution in [0.2, 0.25) is 10.0 Å². The molecule has 0 aliphatic carbocycles. The van der Waals surface area contributed by atoms with Gasteiger partial charge in [-0.15, -0.1) is 0 Å². The second-order valence-electron chi connectivity index (χ2n) is 7.93. The third-order valence-corrected chi connectivity index (χ3v) is 6.60. The first-order valence-electron chi connectivity index (χ1n) is 10.7. The zero-order valence-electron chi connectivity index (χ0n) is 18.2. The van der Waals surface area contributed by atoms with Crippen molar-refractivity contribution in [3.8, 4) is 11.5 Å². The summed E-state index contributed by atoms with van der Waals surface area (Å²) in [6, 6.07) is 17.1. The molecule has 2 heterocycles. The van der Waals surface area contributed by atoms with Gasteiger partial charge in [-0.2, -0.15) is 0 Å². The van der Waals surface area contributed by atoms with Crippen LogP contribution in [0.4, 0.5) is 0 Å². The summed E-state index contributed by atoms with van der Waals surface area (Å²) in [5.41, 5.74) is 4.30. The zero-order valence-corrected chi connectivity index (χ0v) is 19.7. The van der Waals surface area contributed by atoms with Gasteiger partial charge in [0, 0.05) is 34.8 Å². The number of ketones is 1. The molecule has 0 radical (unpaired) electrons. The monoisotopic (exact) mass is 477 g/mol. The maximum atomic E-state index is 13.1. The first kappa shape index (κ1) is 21.6. The van der Waals surface area contributed by atoms with E-state index in [2.05, 4.69) is 29.8 Å². The molecule has 6 heteroatoms. The first-order chi connectivity index (χ1) is 16.0. The smallest absolute Gasteiger partial charge is 0.231 e. The topological polar surface area (TPSA) is 40.5 Å². The maximum absolute atomic E-state index is 13.1. The normalized spacial score (nSPS) is 14.1. The first-order valence-corrected chi connectivity index (χ1v) is 11.4. The van der Waals surface area contributed by atoms with E-state index in [1.807, 2.05) is 31.2 Å². The second-order valence-corrected chi connectivity index (χ2v) is 8.74. The molecule has 0 unspecified atom stereocenters. The van der Waals surface area contributed by atoms with Crippen LogP contribution in [0, 0.1) is 6.92 Å². The average Bonchev–Trinajstić information content (AvgIpc) is 3.34. The standard InChI is InChI=1S/C27H21Cl2NO3/c1-3-30-14-18(19-6-4-5-7-23(19)30)13-25-26(31)20-9-11-24(16(2)27(20)33-25)32-15-17-8-10-21(28)22(29)12-17/h4-14H,3,15H2,1-2H3/b25-13-. The van der Waals surface area contributed by atoms with Crippen molar-refractivity contribution in [3.05, 3.63) is 98.9 Å². The van der Waals surface area contributed by atoms with Gasteiger partial charge in [-0.3, -0.25) is 4.79 Å². The molecule has 33 heavy (non-hydrogen) atoms. The lowest BCUT2D eigenvalue weighted by Crippen LogP contribution is -1.98. The number of aromatic nitrogens is 1. The van der Waals surface area contributed by atoms with Crippen molar-refractivity contribution in [2.75, 3.05) is 0 Å². The van der Waals surface area contributed by atoms with Gasteiger partial charge in [0.15, 0.2) is 5.76 Å². The van der Waals surface area contributed by atoms with E-state index in [1.54, 1.807) is 24.3 Å². The van der Waals surface area contributed by atoms with Crippen LogP contribution in [0.15, 0.2) is 66.6 Å². The molecule has 0 bridgehead atoms. The molecule has 4 aromatic rings. The third-order valence-electron chi connectivity index (χ3n) is 5.86. The highest BCUT2D eigenvalue weighted by Crippen LogP contribution is 2.40. The number of para-hydroxylation sites is 1. The van der Waals surface area contributed by atoms with E-state index >= 15 is 0 Å². The molecule has 166 valence electrons. The molecule has 1 aromatic heterocycles. The van der Waals surface area contributed by atoms with Gasteiger partial charge in [0.05, 0.1) is 15.6 Å².